The van der Waals surface area contributed by atoms with Gasteiger partial charge in [-0.3, -0.25) is 4.79 Å². The Balaban J connectivity index is 2.48. The van der Waals surface area contributed by atoms with E-state index in [9.17, 15) is 9.90 Å². The van der Waals surface area contributed by atoms with Crippen molar-refractivity contribution in [1.82, 2.24) is 0 Å². The third-order valence-electron chi connectivity index (χ3n) is 3.19. The molecule has 2 rings (SSSR count). The van der Waals surface area contributed by atoms with E-state index >= 15 is 0 Å². The first kappa shape index (κ1) is 10.9. The van der Waals surface area contributed by atoms with E-state index in [4.69, 9.17) is 0 Å². The lowest BCUT2D eigenvalue weighted by atomic mass is 9.95. The number of fused-ring (bicyclic) bond motifs is 1. The van der Waals surface area contributed by atoms with Crippen LogP contribution in [0.3, 0.4) is 0 Å². The van der Waals surface area contributed by atoms with E-state index in [1.54, 1.807) is 0 Å². The highest BCUT2D eigenvalue weighted by Crippen LogP contribution is 2.36. The highest BCUT2D eigenvalue weighted by molar-refractivity contribution is 6.01. The van der Waals surface area contributed by atoms with Crippen molar-refractivity contribution >= 4 is 5.78 Å². The predicted molar refractivity (Wildman–Crippen MR) is 64.0 cm³/mol. The van der Waals surface area contributed by atoms with Gasteiger partial charge in [-0.2, -0.15) is 0 Å². The average molecular weight is 216 g/mol. The van der Waals surface area contributed by atoms with Crippen LogP contribution >= 0.6 is 0 Å². The number of rotatable bonds is 2. The first-order valence-corrected chi connectivity index (χ1v) is 5.66. The summed E-state index contributed by atoms with van der Waals surface area (Å²) >= 11 is 0. The normalized spacial score (nSPS) is 16.8. The molecule has 1 aliphatic rings. The second kappa shape index (κ2) is 4.12. The van der Waals surface area contributed by atoms with Gasteiger partial charge in [0.15, 0.2) is 5.78 Å². The quantitative estimate of drug-likeness (QED) is 0.771. The molecule has 84 valence electrons. The Morgan fingerprint density at radius 2 is 2.12 bits per heavy atom. The molecule has 0 saturated heterocycles. The molecule has 0 saturated carbocycles. The number of Topliss-reactive ketones (excluding diaryl/α,β-unsaturated/α-hetero) is 1. The number of allylic oxidation sites excluding steroid dienone is 2. The highest BCUT2D eigenvalue weighted by atomic mass is 16.3. The Hall–Kier alpha value is -1.57. The first-order valence-electron chi connectivity index (χ1n) is 5.66. The van der Waals surface area contributed by atoms with Crippen molar-refractivity contribution < 1.29 is 9.90 Å². The fourth-order valence-corrected chi connectivity index (χ4v) is 2.30. The maximum Gasteiger partial charge on any atom is 0.163 e. The number of carbonyl (C=O) groups is 1. The van der Waals surface area contributed by atoms with E-state index in [0.29, 0.717) is 24.2 Å². The summed E-state index contributed by atoms with van der Waals surface area (Å²) in [5, 5.41) is 10.1. The van der Waals surface area contributed by atoms with E-state index in [1.165, 1.54) is 0 Å². The third kappa shape index (κ3) is 1.64. The molecule has 0 aliphatic heterocycles. The lowest BCUT2D eigenvalue weighted by Gasteiger charge is -2.12. The molecule has 0 spiro atoms. The zero-order valence-corrected chi connectivity index (χ0v) is 9.66. The van der Waals surface area contributed by atoms with Gasteiger partial charge in [0.05, 0.1) is 0 Å². The van der Waals surface area contributed by atoms with Gasteiger partial charge in [-0.1, -0.05) is 31.2 Å². The Morgan fingerprint density at radius 3 is 2.81 bits per heavy atom. The van der Waals surface area contributed by atoms with E-state index < -0.39 is 0 Å². The van der Waals surface area contributed by atoms with Gasteiger partial charge in [-0.15, -0.1) is 0 Å². The lowest BCUT2D eigenvalue weighted by Crippen LogP contribution is -1.96. The second-order valence-electron chi connectivity index (χ2n) is 4.27. The molecule has 1 unspecified atom stereocenters. The van der Waals surface area contributed by atoms with Crippen molar-refractivity contribution in [3.05, 3.63) is 41.0 Å². The van der Waals surface area contributed by atoms with E-state index in [0.717, 1.165) is 11.1 Å². The molecule has 1 aliphatic carbocycles. The van der Waals surface area contributed by atoms with Crippen LogP contribution < -0.4 is 0 Å². The number of aromatic hydroxyl groups is 1. The molecule has 0 fully saturated rings. The summed E-state index contributed by atoms with van der Waals surface area (Å²) in [5.41, 5.74) is 2.44. The largest absolute Gasteiger partial charge is 0.507 e. The van der Waals surface area contributed by atoms with Crippen LogP contribution in [0.4, 0.5) is 0 Å². The van der Waals surface area contributed by atoms with Gasteiger partial charge in [-0.25, -0.2) is 0 Å². The third-order valence-corrected chi connectivity index (χ3v) is 3.19. The number of hydrogen-bond acceptors (Lipinski definition) is 2. The Morgan fingerprint density at radius 1 is 1.38 bits per heavy atom. The summed E-state index contributed by atoms with van der Waals surface area (Å²) in [7, 11) is 0. The molecule has 0 bridgehead atoms. The topological polar surface area (TPSA) is 37.3 Å². The molecule has 0 heterocycles. The molecule has 0 radical (unpaired) electrons. The Bertz CT molecular complexity index is 458. The van der Waals surface area contributed by atoms with Crippen LogP contribution in [0.1, 0.15) is 47.7 Å². The average Bonchev–Trinajstić information content (AvgIpc) is 2.62. The number of carbonyl (C=O) groups excluding carboxylic acids is 1. The van der Waals surface area contributed by atoms with Crippen molar-refractivity contribution in [1.29, 1.82) is 0 Å². The van der Waals surface area contributed by atoms with Crippen LogP contribution in [0.15, 0.2) is 24.3 Å². The molecule has 2 nitrogen and oxygen atoms in total. The zero-order chi connectivity index (χ0) is 11.7. The molecular formula is C14H16O2. The van der Waals surface area contributed by atoms with E-state index in [2.05, 4.69) is 0 Å². The lowest BCUT2D eigenvalue weighted by molar-refractivity contribution is 0.0994. The highest BCUT2D eigenvalue weighted by Gasteiger charge is 2.24. The van der Waals surface area contributed by atoms with Crippen LogP contribution in [-0.2, 0) is 6.42 Å². The Kier molecular flexibility index (Phi) is 2.82. The molecule has 1 aromatic rings. The van der Waals surface area contributed by atoms with Gasteiger partial charge in [0.1, 0.15) is 5.75 Å². The van der Waals surface area contributed by atoms with Crippen LogP contribution in [0.5, 0.6) is 5.75 Å². The SMILES string of the molecule is C/C=C/C(C)c1ccc2c(c1O)CCC2=O. The molecule has 0 aromatic heterocycles. The van der Waals surface area contributed by atoms with Crippen molar-refractivity contribution in [3.63, 3.8) is 0 Å². The zero-order valence-electron chi connectivity index (χ0n) is 9.66. The van der Waals surface area contributed by atoms with Crippen molar-refractivity contribution in [2.75, 3.05) is 0 Å². The number of hydrogen-bond donors (Lipinski definition) is 1. The van der Waals surface area contributed by atoms with E-state index in [-0.39, 0.29) is 11.7 Å². The standard InChI is InChI=1S/C14H16O2/c1-3-4-9(2)10-5-6-11-12(14(10)16)7-8-13(11)15/h3-6,9,16H,7-8H2,1-2H3/b4-3+. The molecular weight excluding hydrogens is 200 g/mol. The fraction of sp³-hybridized carbons (Fsp3) is 0.357. The maximum atomic E-state index is 11.5. The molecule has 1 atom stereocenters. The maximum absolute atomic E-state index is 11.5. The minimum atomic E-state index is 0.149. The van der Waals surface area contributed by atoms with Crippen molar-refractivity contribution in [2.24, 2.45) is 0 Å². The second-order valence-corrected chi connectivity index (χ2v) is 4.27. The van der Waals surface area contributed by atoms with Crippen LogP contribution in [0.25, 0.3) is 0 Å². The molecule has 2 heteroatoms. The first-order chi connectivity index (χ1) is 7.65. The van der Waals surface area contributed by atoms with Crippen molar-refractivity contribution in [3.8, 4) is 5.75 Å². The number of benzene rings is 1. The van der Waals surface area contributed by atoms with Gasteiger partial charge >= 0.3 is 0 Å². The smallest absolute Gasteiger partial charge is 0.163 e. The number of ketones is 1. The monoisotopic (exact) mass is 216 g/mol. The number of phenolic OH excluding ortho intramolecular Hbond substituents is 1. The number of phenols is 1. The summed E-state index contributed by atoms with van der Waals surface area (Å²) in [4.78, 5) is 11.5. The summed E-state index contributed by atoms with van der Waals surface area (Å²) in [6, 6.07) is 3.71. The predicted octanol–water partition coefficient (Wildman–Crippen LogP) is 3.20. The van der Waals surface area contributed by atoms with Crippen LogP contribution in [-0.4, -0.2) is 10.9 Å². The van der Waals surface area contributed by atoms with Gasteiger partial charge in [-0.05, 0) is 13.3 Å². The van der Waals surface area contributed by atoms with Gasteiger partial charge in [0.25, 0.3) is 0 Å². The van der Waals surface area contributed by atoms with Gasteiger partial charge in [0, 0.05) is 29.0 Å². The molecule has 16 heavy (non-hydrogen) atoms. The fourth-order valence-electron chi connectivity index (χ4n) is 2.30. The summed E-state index contributed by atoms with van der Waals surface area (Å²) in [5.74, 6) is 0.649. The van der Waals surface area contributed by atoms with E-state index in [1.807, 2.05) is 38.1 Å². The summed E-state index contributed by atoms with van der Waals surface area (Å²) < 4.78 is 0. The summed E-state index contributed by atoms with van der Waals surface area (Å²) in [6.07, 6.45) is 5.22. The van der Waals surface area contributed by atoms with Crippen LogP contribution in [0.2, 0.25) is 0 Å². The van der Waals surface area contributed by atoms with Crippen molar-refractivity contribution in [2.45, 2.75) is 32.6 Å². The van der Waals surface area contributed by atoms with Gasteiger partial charge in [0.2, 0.25) is 0 Å². The van der Waals surface area contributed by atoms with Crippen LogP contribution in [0, 0.1) is 0 Å². The molecule has 1 N–H and O–H groups in total. The van der Waals surface area contributed by atoms with Gasteiger partial charge < -0.3 is 5.11 Å². The molecule has 1 aromatic carbocycles. The molecule has 0 amide bonds. The summed E-state index contributed by atoms with van der Waals surface area (Å²) in [6.45, 7) is 4.00. The Labute approximate surface area is 95.6 Å². The minimum absolute atomic E-state index is 0.149. The minimum Gasteiger partial charge on any atom is -0.507 e.